The molecule has 0 spiro atoms. The van der Waals surface area contributed by atoms with Gasteiger partial charge in [-0.15, -0.1) is 0 Å². The smallest absolute Gasteiger partial charge is 0.239 e. The van der Waals surface area contributed by atoms with E-state index >= 15 is 0 Å². The summed E-state index contributed by atoms with van der Waals surface area (Å²) in [6.45, 7) is 5.29. The second-order valence-corrected chi connectivity index (χ2v) is 4.82. The molecule has 1 aliphatic rings. The van der Waals surface area contributed by atoms with Crippen molar-refractivity contribution >= 4 is 5.91 Å². The maximum Gasteiger partial charge on any atom is 0.239 e. The summed E-state index contributed by atoms with van der Waals surface area (Å²) in [5.41, 5.74) is 5.82. The molecule has 1 aliphatic heterocycles. The highest BCUT2D eigenvalue weighted by molar-refractivity contribution is 5.81. The molecule has 0 saturated carbocycles. The van der Waals surface area contributed by atoms with Crippen LogP contribution in [-0.4, -0.2) is 41.1 Å². The molecule has 15 heavy (non-hydrogen) atoms. The first-order chi connectivity index (χ1) is 7.00. The zero-order valence-electron chi connectivity index (χ0n) is 9.65. The molecule has 1 heterocycles. The Hall–Kier alpha value is -0.610. The molecule has 0 bridgehead atoms. The molecule has 4 heteroatoms. The predicted molar refractivity (Wildman–Crippen MR) is 59.3 cm³/mol. The van der Waals surface area contributed by atoms with E-state index in [0.717, 1.165) is 19.4 Å². The minimum Gasteiger partial charge on any atom is -0.391 e. The van der Waals surface area contributed by atoms with Gasteiger partial charge in [-0.25, -0.2) is 0 Å². The predicted octanol–water partition coefficient (Wildman–Crippen LogP) is 0.343. The standard InChI is InChI=1S/C11H22N2O2/c1-8(2)6-10(12)11(15)13-5-3-4-9(14)7-13/h8-10,14H,3-7,12H2,1-2H3/t9?,10-/m0/s1. The molecule has 1 amide bonds. The molecule has 88 valence electrons. The van der Waals surface area contributed by atoms with Crippen LogP contribution in [0.5, 0.6) is 0 Å². The van der Waals surface area contributed by atoms with Crippen LogP contribution < -0.4 is 5.73 Å². The van der Waals surface area contributed by atoms with Crippen LogP contribution in [0.3, 0.4) is 0 Å². The Bertz CT molecular complexity index is 219. The van der Waals surface area contributed by atoms with Crippen LogP contribution >= 0.6 is 0 Å². The SMILES string of the molecule is CC(C)C[C@H](N)C(=O)N1CCCC(O)C1. The third kappa shape index (κ3) is 3.80. The van der Waals surface area contributed by atoms with Gasteiger partial charge < -0.3 is 15.7 Å². The third-order valence-electron chi connectivity index (χ3n) is 2.75. The van der Waals surface area contributed by atoms with Crippen molar-refractivity contribution in [3.8, 4) is 0 Å². The average molecular weight is 214 g/mol. The van der Waals surface area contributed by atoms with Crippen LogP contribution in [0, 0.1) is 5.92 Å². The molecule has 0 aliphatic carbocycles. The summed E-state index contributed by atoms with van der Waals surface area (Å²) in [4.78, 5) is 13.6. The lowest BCUT2D eigenvalue weighted by molar-refractivity contribution is -0.136. The topological polar surface area (TPSA) is 66.6 Å². The van der Waals surface area contributed by atoms with Crippen LogP contribution in [-0.2, 0) is 4.79 Å². The number of amides is 1. The Labute approximate surface area is 91.4 Å². The summed E-state index contributed by atoms with van der Waals surface area (Å²) >= 11 is 0. The van der Waals surface area contributed by atoms with E-state index < -0.39 is 6.04 Å². The molecule has 0 radical (unpaired) electrons. The maximum absolute atomic E-state index is 11.9. The molecule has 1 saturated heterocycles. The number of aliphatic hydroxyl groups is 1. The van der Waals surface area contributed by atoms with Gasteiger partial charge in [0.2, 0.25) is 5.91 Å². The van der Waals surface area contributed by atoms with Crippen LogP contribution in [0.15, 0.2) is 0 Å². The monoisotopic (exact) mass is 214 g/mol. The number of likely N-dealkylation sites (tertiary alicyclic amines) is 1. The Balaban J connectivity index is 2.44. The van der Waals surface area contributed by atoms with Crippen molar-refractivity contribution in [2.45, 2.75) is 45.3 Å². The van der Waals surface area contributed by atoms with Gasteiger partial charge in [0.25, 0.3) is 0 Å². The molecule has 0 aromatic carbocycles. The Morgan fingerprint density at radius 2 is 2.27 bits per heavy atom. The largest absolute Gasteiger partial charge is 0.391 e. The molecule has 1 fully saturated rings. The van der Waals surface area contributed by atoms with Gasteiger partial charge in [-0.05, 0) is 25.2 Å². The van der Waals surface area contributed by atoms with Crippen molar-refractivity contribution in [2.75, 3.05) is 13.1 Å². The number of piperidine rings is 1. The van der Waals surface area contributed by atoms with E-state index in [-0.39, 0.29) is 12.0 Å². The van der Waals surface area contributed by atoms with Crippen molar-refractivity contribution in [2.24, 2.45) is 11.7 Å². The van der Waals surface area contributed by atoms with Gasteiger partial charge in [0.1, 0.15) is 0 Å². The van der Waals surface area contributed by atoms with Gasteiger partial charge in [0.05, 0.1) is 12.1 Å². The molecular formula is C11H22N2O2. The van der Waals surface area contributed by atoms with E-state index in [2.05, 4.69) is 13.8 Å². The fraction of sp³-hybridized carbons (Fsp3) is 0.909. The summed E-state index contributed by atoms with van der Waals surface area (Å²) < 4.78 is 0. The third-order valence-corrected chi connectivity index (χ3v) is 2.75. The van der Waals surface area contributed by atoms with Gasteiger partial charge in [-0.2, -0.15) is 0 Å². The summed E-state index contributed by atoms with van der Waals surface area (Å²) in [5.74, 6) is 0.418. The highest BCUT2D eigenvalue weighted by atomic mass is 16.3. The highest BCUT2D eigenvalue weighted by Crippen LogP contribution is 2.12. The van der Waals surface area contributed by atoms with Gasteiger partial charge in [0.15, 0.2) is 0 Å². The van der Waals surface area contributed by atoms with Gasteiger partial charge in [-0.3, -0.25) is 4.79 Å². The highest BCUT2D eigenvalue weighted by Gasteiger charge is 2.26. The van der Waals surface area contributed by atoms with Gasteiger partial charge in [0, 0.05) is 13.1 Å². The molecule has 4 nitrogen and oxygen atoms in total. The van der Waals surface area contributed by atoms with E-state index in [1.165, 1.54) is 0 Å². The molecule has 1 rings (SSSR count). The van der Waals surface area contributed by atoms with E-state index in [9.17, 15) is 9.90 Å². The number of nitrogens with zero attached hydrogens (tertiary/aromatic N) is 1. The average Bonchev–Trinajstić information content (AvgIpc) is 2.15. The lowest BCUT2D eigenvalue weighted by Crippen LogP contribution is -2.49. The fourth-order valence-corrected chi connectivity index (χ4v) is 2.00. The molecule has 0 aromatic heterocycles. The first-order valence-electron chi connectivity index (χ1n) is 5.73. The number of carbonyl (C=O) groups is 1. The van der Waals surface area contributed by atoms with Gasteiger partial charge in [-0.1, -0.05) is 13.8 Å². The first-order valence-corrected chi connectivity index (χ1v) is 5.73. The molecule has 0 aromatic rings. The van der Waals surface area contributed by atoms with Crippen LogP contribution in [0.2, 0.25) is 0 Å². The number of nitrogens with two attached hydrogens (primary N) is 1. The van der Waals surface area contributed by atoms with Crippen molar-refractivity contribution in [3.63, 3.8) is 0 Å². The molecule has 3 N–H and O–H groups in total. The van der Waals surface area contributed by atoms with Crippen molar-refractivity contribution in [1.29, 1.82) is 0 Å². The quantitative estimate of drug-likeness (QED) is 0.712. The zero-order valence-corrected chi connectivity index (χ0v) is 9.65. The minimum absolute atomic E-state index is 0.0116. The van der Waals surface area contributed by atoms with Crippen molar-refractivity contribution in [1.82, 2.24) is 4.90 Å². The van der Waals surface area contributed by atoms with E-state index in [1.54, 1.807) is 4.90 Å². The molecular weight excluding hydrogens is 192 g/mol. The zero-order chi connectivity index (χ0) is 11.4. The van der Waals surface area contributed by atoms with E-state index in [0.29, 0.717) is 18.9 Å². The van der Waals surface area contributed by atoms with Crippen molar-refractivity contribution < 1.29 is 9.90 Å². The summed E-state index contributed by atoms with van der Waals surface area (Å²) in [6, 6.07) is -0.407. The number of hydrogen-bond donors (Lipinski definition) is 2. The lowest BCUT2D eigenvalue weighted by Gasteiger charge is -2.32. The Morgan fingerprint density at radius 1 is 1.60 bits per heavy atom. The molecule has 1 unspecified atom stereocenters. The summed E-state index contributed by atoms with van der Waals surface area (Å²) in [5, 5.41) is 9.46. The summed E-state index contributed by atoms with van der Waals surface area (Å²) in [7, 11) is 0. The van der Waals surface area contributed by atoms with Crippen molar-refractivity contribution in [3.05, 3.63) is 0 Å². The summed E-state index contributed by atoms with van der Waals surface area (Å²) in [6.07, 6.45) is 2.02. The number of carbonyl (C=O) groups excluding carboxylic acids is 1. The Morgan fingerprint density at radius 3 is 2.80 bits per heavy atom. The fourth-order valence-electron chi connectivity index (χ4n) is 2.00. The number of aliphatic hydroxyl groups excluding tert-OH is 1. The molecule has 2 atom stereocenters. The van der Waals surface area contributed by atoms with Gasteiger partial charge >= 0.3 is 0 Å². The second-order valence-electron chi connectivity index (χ2n) is 4.82. The number of hydrogen-bond acceptors (Lipinski definition) is 3. The van der Waals surface area contributed by atoms with Crippen LogP contribution in [0.1, 0.15) is 33.1 Å². The number of rotatable bonds is 3. The number of β-amino-alcohol motifs (C(OH)–C–C–N with tert-alkyl or cyclic N) is 1. The van der Waals surface area contributed by atoms with Crippen LogP contribution in [0.25, 0.3) is 0 Å². The van der Waals surface area contributed by atoms with E-state index in [4.69, 9.17) is 5.73 Å². The maximum atomic E-state index is 11.9. The first kappa shape index (κ1) is 12.5. The minimum atomic E-state index is -0.407. The second kappa shape index (κ2) is 5.47. The Kier molecular flexibility index (Phi) is 4.54. The van der Waals surface area contributed by atoms with E-state index in [1.807, 2.05) is 0 Å². The lowest BCUT2D eigenvalue weighted by atomic mass is 10.0. The normalized spacial score (nSPS) is 24.3. The van der Waals surface area contributed by atoms with Crippen LogP contribution in [0.4, 0.5) is 0 Å².